The summed E-state index contributed by atoms with van der Waals surface area (Å²) in [6, 6.07) is 30.5. The first kappa shape index (κ1) is 17.3. The fraction of sp³-hybridized carbons (Fsp3) is 0.120. The van der Waals surface area contributed by atoms with Crippen LogP contribution in [0.2, 0.25) is 0 Å². The van der Waals surface area contributed by atoms with Gasteiger partial charge in [0.1, 0.15) is 0 Å². The minimum Gasteiger partial charge on any atom is -0.254 e. The standard InChI is InChI=1S/C25H21N2P/c1-3-9-19(10-4-1)28(20-11-5-2-6-12-20)18-15-21-22-13-7-16-26-24(22)25-23(21)14-8-17-27-25/h1-14,16-17,21H,15,18H2. The lowest BCUT2D eigenvalue weighted by Gasteiger charge is -2.21. The van der Waals surface area contributed by atoms with E-state index in [9.17, 15) is 0 Å². The van der Waals surface area contributed by atoms with Gasteiger partial charge in [0.25, 0.3) is 0 Å². The lowest BCUT2D eigenvalue weighted by Crippen LogP contribution is -2.15. The van der Waals surface area contributed by atoms with Gasteiger partial charge < -0.3 is 0 Å². The van der Waals surface area contributed by atoms with Crippen LogP contribution in [0.25, 0.3) is 11.4 Å². The van der Waals surface area contributed by atoms with Crippen LogP contribution in [-0.2, 0) is 0 Å². The third kappa shape index (κ3) is 3.15. The van der Waals surface area contributed by atoms with Gasteiger partial charge >= 0.3 is 0 Å². The molecule has 4 aromatic rings. The molecule has 2 aromatic heterocycles. The average molecular weight is 380 g/mol. The number of nitrogens with zero attached hydrogens (tertiary/aromatic N) is 2. The minimum atomic E-state index is -0.386. The summed E-state index contributed by atoms with van der Waals surface area (Å²) in [6.07, 6.45) is 6.00. The van der Waals surface area contributed by atoms with E-state index < -0.39 is 0 Å². The molecule has 0 bridgehead atoms. The van der Waals surface area contributed by atoms with E-state index in [1.54, 1.807) is 0 Å². The Bertz CT molecular complexity index is 993. The van der Waals surface area contributed by atoms with Crippen LogP contribution >= 0.6 is 7.92 Å². The van der Waals surface area contributed by atoms with E-state index >= 15 is 0 Å². The number of pyridine rings is 2. The molecule has 0 radical (unpaired) electrons. The van der Waals surface area contributed by atoms with Crippen molar-refractivity contribution in [2.45, 2.75) is 12.3 Å². The van der Waals surface area contributed by atoms with Gasteiger partial charge in [-0.25, -0.2) is 0 Å². The molecule has 0 amide bonds. The number of rotatable bonds is 5. The predicted octanol–water partition coefficient (Wildman–Crippen LogP) is 5.11. The highest BCUT2D eigenvalue weighted by Gasteiger charge is 2.31. The van der Waals surface area contributed by atoms with Crippen molar-refractivity contribution in [2.75, 3.05) is 6.16 Å². The molecule has 2 aromatic carbocycles. The van der Waals surface area contributed by atoms with Crippen LogP contribution in [0.3, 0.4) is 0 Å². The zero-order chi connectivity index (χ0) is 18.8. The molecular formula is C25H21N2P. The van der Waals surface area contributed by atoms with E-state index in [0.29, 0.717) is 5.92 Å². The summed E-state index contributed by atoms with van der Waals surface area (Å²) >= 11 is 0. The van der Waals surface area contributed by atoms with E-state index in [2.05, 4.69) is 94.9 Å². The normalized spacial score (nSPS) is 12.8. The van der Waals surface area contributed by atoms with Crippen LogP contribution in [0.5, 0.6) is 0 Å². The number of fused-ring (bicyclic) bond motifs is 3. The Morgan fingerprint density at radius 1 is 0.607 bits per heavy atom. The predicted molar refractivity (Wildman–Crippen MR) is 118 cm³/mol. The molecule has 2 heterocycles. The molecule has 1 aliphatic carbocycles. The van der Waals surface area contributed by atoms with Crippen LogP contribution in [0, 0.1) is 0 Å². The Morgan fingerprint density at radius 3 is 1.61 bits per heavy atom. The molecule has 0 saturated carbocycles. The smallest absolute Gasteiger partial charge is 0.0927 e. The Labute approximate surface area is 167 Å². The molecule has 136 valence electrons. The molecule has 1 aliphatic rings. The number of aromatic nitrogens is 2. The zero-order valence-corrected chi connectivity index (χ0v) is 16.5. The molecule has 0 spiro atoms. The molecule has 28 heavy (non-hydrogen) atoms. The Morgan fingerprint density at radius 2 is 1.11 bits per heavy atom. The largest absolute Gasteiger partial charge is 0.254 e. The lowest BCUT2D eigenvalue weighted by molar-refractivity contribution is 0.800. The van der Waals surface area contributed by atoms with E-state index in [0.717, 1.165) is 24.0 Å². The van der Waals surface area contributed by atoms with Gasteiger partial charge in [-0.3, -0.25) is 9.97 Å². The van der Waals surface area contributed by atoms with Crippen molar-refractivity contribution < 1.29 is 0 Å². The second-order valence-corrected chi connectivity index (χ2v) is 9.38. The molecule has 0 N–H and O–H groups in total. The summed E-state index contributed by atoms with van der Waals surface area (Å²) in [7, 11) is -0.386. The highest BCUT2D eigenvalue weighted by molar-refractivity contribution is 7.73. The third-order valence-electron chi connectivity index (χ3n) is 5.43. The summed E-state index contributed by atoms with van der Waals surface area (Å²) in [5.41, 5.74) is 4.78. The maximum atomic E-state index is 4.64. The first-order chi connectivity index (χ1) is 13.9. The van der Waals surface area contributed by atoms with E-state index in [1.807, 2.05) is 12.4 Å². The van der Waals surface area contributed by atoms with Gasteiger partial charge in [0.05, 0.1) is 11.4 Å². The van der Waals surface area contributed by atoms with Crippen molar-refractivity contribution in [3.05, 3.63) is 108 Å². The fourth-order valence-corrected chi connectivity index (χ4v) is 6.55. The lowest BCUT2D eigenvalue weighted by atomic mass is 9.96. The quantitative estimate of drug-likeness (QED) is 0.450. The summed E-state index contributed by atoms with van der Waals surface area (Å²) in [5, 5.41) is 2.89. The van der Waals surface area contributed by atoms with Crippen LogP contribution in [-0.4, -0.2) is 16.1 Å². The van der Waals surface area contributed by atoms with Gasteiger partial charge in [0.15, 0.2) is 0 Å². The van der Waals surface area contributed by atoms with Crippen molar-refractivity contribution in [2.24, 2.45) is 0 Å². The van der Waals surface area contributed by atoms with Crippen molar-refractivity contribution in [3.63, 3.8) is 0 Å². The first-order valence-electron chi connectivity index (χ1n) is 9.69. The van der Waals surface area contributed by atoms with E-state index in [-0.39, 0.29) is 7.92 Å². The molecule has 3 heteroatoms. The number of hydrogen-bond donors (Lipinski definition) is 0. The molecule has 0 fully saturated rings. The van der Waals surface area contributed by atoms with E-state index in [1.165, 1.54) is 21.7 Å². The first-order valence-corrected chi connectivity index (χ1v) is 11.2. The number of benzene rings is 2. The Balaban J connectivity index is 1.49. The number of hydrogen-bond acceptors (Lipinski definition) is 2. The topological polar surface area (TPSA) is 25.8 Å². The molecular weight excluding hydrogens is 359 g/mol. The molecule has 2 nitrogen and oxygen atoms in total. The molecule has 0 aliphatic heterocycles. The Hall–Kier alpha value is -2.83. The summed E-state index contributed by atoms with van der Waals surface area (Å²) in [4.78, 5) is 9.27. The molecule has 0 saturated heterocycles. The van der Waals surface area contributed by atoms with Gasteiger partial charge in [-0.2, -0.15) is 0 Å². The summed E-state index contributed by atoms with van der Waals surface area (Å²) in [5.74, 6) is 0.379. The highest BCUT2D eigenvalue weighted by atomic mass is 31.1. The monoisotopic (exact) mass is 380 g/mol. The SMILES string of the molecule is c1ccc(P(CCC2c3cccnc3-c3ncccc32)c2ccccc2)cc1. The minimum absolute atomic E-state index is 0.379. The van der Waals surface area contributed by atoms with Crippen LogP contribution < -0.4 is 10.6 Å². The fourth-order valence-electron chi connectivity index (χ4n) is 4.15. The maximum absolute atomic E-state index is 4.64. The van der Waals surface area contributed by atoms with Crippen molar-refractivity contribution in [1.82, 2.24) is 9.97 Å². The maximum Gasteiger partial charge on any atom is 0.0927 e. The van der Waals surface area contributed by atoms with Crippen LogP contribution in [0.1, 0.15) is 23.5 Å². The van der Waals surface area contributed by atoms with Crippen molar-refractivity contribution >= 4 is 18.5 Å². The van der Waals surface area contributed by atoms with Crippen LogP contribution in [0.15, 0.2) is 97.3 Å². The van der Waals surface area contributed by atoms with Gasteiger partial charge in [0.2, 0.25) is 0 Å². The third-order valence-corrected chi connectivity index (χ3v) is 7.98. The van der Waals surface area contributed by atoms with Crippen molar-refractivity contribution in [1.29, 1.82) is 0 Å². The second-order valence-electron chi connectivity index (χ2n) is 7.05. The van der Waals surface area contributed by atoms with E-state index in [4.69, 9.17) is 0 Å². The zero-order valence-electron chi connectivity index (χ0n) is 15.6. The van der Waals surface area contributed by atoms with Gasteiger partial charge in [-0.1, -0.05) is 72.8 Å². The Kier molecular flexibility index (Phi) is 4.72. The molecule has 5 rings (SSSR count). The molecule has 0 atom stereocenters. The van der Waals surface area contributed by atoms with Crippen molar-refractivity contribution in [3.8, 4) is 11.4 Å². The summed E-state index contributed by atoms with van der Waals surface area (Å²) < 4.78 is 0. The summed E-state index contributed by atoms with van der Waals surface area (Å²) in [6.45, 7) is 0. The second kappa shape index (κ2) is 7.66. The van der Waals surface area contributed by atoms with Gasteiger partial charge in [-0.15, -0.1) is 0 Å². The van der Waals surface area contributed by atoms with Crippen LogP contribution in [0.4, 0.5) is 0 Å². The van der Waals surface area contributed by atoms with Gasteiger partial charge in [-0.05, 0) is 54.4 Å². The van der Waals surface area contributed by atoms with Gasteiger partial charge in [0, 0.05) is 18.3 Å². The highest BCUT2D eigenvalue weighted by Crippen LogP contribution is 2.46. The average Bonchev–Trinajstić information content (AvgIpc) is 3.10. The molecule has 0 unspecified atom stereocenters.